The summed E-state index contributed by atoms with van der Waals surface area (Å²) in [7, 11) is -3.54. The van der Waals surface area contributed by atoms with Crippen LogP contribution in [0, 0.1) is 0 Å². The zero-order valence-electron chi connectivity index (χ0n) is 11.0. The van der Waals surface area contributed by atoms with Crippen molar-refractivity contribution in [2.45, 2.75) is 25.7 Å². The maximum Gasteiger partial charge on any atom is 0.276 e. The van der Waals surface area contributed by atoms with E-state index < -0.39 is 10.2 Å². The Balaban J connectivity index is 2.01. The van der Waals surface area contributed by atoms with Crippen LogP contribution in [-0.4, -0.2) is 30.8 Å². The highest BCUT2D eigenvalue weighted by Gasteiger charge is 2.26. The molecule has 0 spiro atoms. The Morgan fingerprint density at radius 1 is 1.37 bits per heavy atom. The predicted molar refractivity (Wildman–Crippen MR) is 75.6 cm³/mol. The molecule has 0 radical (unpaired) electrons. The highest BCUT2D eigenvalue weighted by molar-refractivity contribution is 7.86. The first-order valence-corrected chi connectivity index (χ1v) is 7.87. The smallest absolute Gasteiger partial charge is 0.260 e. The van der Waals surface area contributed by atoms with Crippen LogP contribution in [0.4, 0.5) is 0 Å². The largest absolute Gasteiger partial charge is 0.276 e. The van der Waals surface area contributed by atoms with E-state index in [4.69, 9.17) is 5.14 Å². The van der Waals surface area contributed by atoms with E-state index in [0.29, 0.717) is 19.0 Å². The van der Waals surface area contributed by atoms with Gasteiger partial charge < -0.3 is 0 Å². The van der Waals surface area contributed by atoms with Gasteiger partial charge in [0.05, 0.1) is 0 Å². The van der Waals surface area contributed by atoms with Gasteiger partial charge >= 0.3 is 0 Å². The summed E-state index contributed by atoms with van der Waals surface area (Å²) in [5, 5.41) is 5.12. The summed E-state index contributed by atoms with van der Waals surface area (Å²) in [5.74, 6) is 0.317. The third kappa shape index (κ3) is 3.62. The van der Waals surface area contributed by atoms with Gasteiger partial charge in [-0.2, -0.15) is 12.7 Å². The number of allylic oxidation sites excluding steroid dienone is 1. The molecule has 5 nitrogen and oxygen atoms in total. The van der Waals surface area contributed by atoms with Crippen LogP contribution in [0.15, 0.2) is 24.4 Å². The van der Waals surface area contributed by atoms with E-state index in [1.54, 1.807) is 0 Å². The number of aromatic nitrogens is 1. The normalized spacial score (nSPS) is 19.1. The fraction of sp³-hybridized carbons (Fsp3) is 0.462. The van der Waals surface area contributed by atoms with E-state index in [1.807, 2.05) is 37.4 Å². The monoisotopic (exact) mass is 281 g/mol. The Bertz CT molecular complexity index is 544. The Kier molecular flexibility index (Phi) is 4.34. The molecule has 0 aliphatic carbocycles. The number of hydrogen-bond acceptors (Lipinski definition) is 3. The molecule has 0 amide bonds. The minimum atomic E-state index is -3.54. The fourth-order valence-corrected chi connectivity index (χ4v) is 3.08. The molecule has 1 saturated heterocycles. The Morgan fingerprint density at radius 3 is 2.53 bits per heavy atom. The summed E-state index contributed by atoms with van der Waals surface area (Å²) in [4.78, 5) is 4.46. The number of nitrogens with two attached hydrogens (primary N) is 1. The maximum absolute atomic E-state index is 11.2. The van der Waals surface area contributed by atoms with Crippen LogP contribution in [0.5, 0.6) is 0 Å². The van der Waals surface area contributed by atoms with Crippen molar-refractivity contribution in [1.82, 2.24) is 9.29 Å². The van der Waals surface area contributed by atoms with E-state index in [9.17, 15) is 8.42 Å². The van der Waals surface area contributed by atoms with Crippen molar-refractivity contribution in [2.75, 3.05) is 13.1 Å². The Labute approximate surface area is 114 Å². The van der Waals surface area contributed by atoms with Crippen LogP contribution in [0.3, 0.4) is 0 Å². The molecule has 2 rings (SSSR count). The molecule has 1 aromatic rings. The molecule has 1 fully saturated rings. The number of rotatable bonds is 3. The molecule has 6 heteroatoms. The van der Waals surface area contributed by atoms with Gasteiger partial charge in [0.1, 0.15) is 0 Å². The third-order valence-corrected chi connectivity index (χ3v) is 4.49. The summed E-state index contributed by atoms with van der Waals surface area (Å²) in [6, 6.07) is 4.06. The van der Waals surface area contributed by atoms with Crippen molar-refractivity contribution >= 4 is 16.3 Å². The minimum absolute atomic E-state index is 0.317. The predicted octanol–water partition coefficient (Wildman–Crippen LogP) is 1.50. The van der Waals surface area contributed by atoms with Gasteiger partial charge in [0, 0.05) is 30.9 Å². The lowest BCUT2D eigenvalue weighted by Crippen LogP contribution is -2.41. The zero-order valence-corrected chi connectivity index (χ0v) is 11.8. The second-order valence-electron chi connectivity index (χ2n) is 4.73. The summed E-state index contributed by atoms with van der Waals surface area (Å²) in [6.45, 7) is 2.92. The van der Waals surface area contributed by atoms with E-state index in [2.05, 4.69) is 4.98 Å². The number of pyridine rings is 1. The standard InChI is InChI=1S/C13H19N3O2S/c1-2-3-11-4-5-13(15-10-11)12-6-8-16(9-7-12)19(14,17)18/h2-5,10,12H,6-9H2,1H3,(H2,14,17,18). The first-order valence-electron chi connectivity index (χ1n) is 6.37. The lowest BCUT2D eigenvalue weighted by Gasteiger charge is -2.29. The van der Waals surface area contributed by atoms with Crippen LogP contribution in [0.25, 0.3) is 6.08 Å². The highest BCUT2D eigenvalue weighted by atomic mass is 32.2. The van der Waals surface area contributed by atoms with Gasteiger partial charge in [-0.05, 0) is 31.4 Å². The molecule has 0 aromatic carbocycles. The number of hydrogen-bond donors (Lipinski definition) is 1. The summed E-state index contributed by atoms with van der Waals surface area (Å²) >= 11 is 0. The second-order valence-corrected chi connectivity index (χ2v) is 6.28. The molecule has 2 heterocycles. The van der Waals surface area contributed by atoms with E-state index in [-0.39, 0.29) is 0 Å². The lowest BCUT2D eigenvalue weighted by atomic mass is 9.94. The molecule has 1 aliphatic heterocycles. The highest BCUT2D eigenvalue weighted by Crippen LogP contribution is 2.27. The van der Waals surface area contributed by atoms with Gasteiger partial charge in [-0.3, -0.25) is 4.98 Å². The molecule has 0 unspecified atom stereocenters. The van der Waals surface area contributed by atoms with Crippen molar-refractivity contribution < 1.29 is 8.42 Å². The topological polar surface area (TPSA) is 76.3 Å². The van der Waals surface area contributed by atoms with Crippen molar-refractivity contribution in [3.05, 3.63) is 35.7 Å². The first-order chi connectivity index (χ1) is 9.00. The van der Waals surface area contributed by atoms with Crippen molar-refractivity contribution in [3.8, 4) is 0 Å². The maximum atomic E-state index is 11.2. The van der Waals surface area contributed by atoms with E-state index >= 15 is 0 Å². The minimum Gasteiger partial charge on any atom is -0.260 e. The SMILES string of the molecule is CC=Cc1ccc(C2CCN(S(N)(=O)=O)CC2)nc1. The van der Waals surface area contributed by atoms with Gasteiger partial charge in [0.15, 0.2) is 0 Å². The van der Waals surface area contributed by atoms with E-state index in [1.165, 1.54) is 4.31 Å². The van der Waals surface area contributed by atoms with Gasteiger partial charge in [-0.25, -0.2) is 5.14 Å². The van der Waals surface area contributed by atoms with Crippen molar-refractivity contribution in [2.24, 2.45) is 5.14 Å². The Hall–Kier alpha value is -1.24. The van der Waals surface area contributed by atoms with Gasteiger partial charge in [-0.1, -0.05) is 18.2 Å². The van der Waals surface area contributed by atoms with Crippen molar-refractivity contribution in [3.63, 3.8) is 0 Å². The zero-order chi connectivity index (χ0) is 13.9. The van der Waals surface area contributed by atoms with Gasteiger partial charge in [0.25, 0.3) is 10.2 Å². The molecule has 19 heavy (non-hydrogen) atoms. The van der Waals surface area contributed by atoms with Crippen molar-refractivity contribution in [1.29, 1.82) is 0 Å². The molecule has 1 aliphatic rings. The van der Waals surface area contributed by atoms with Crippen LogP contribution in [0.2, 0.25) is 0 Å². The first kappa shape index (κ1) is 14.2. The van der Waals surface area contributed by atoms with Crippen LogP contribution in [-0.2, 0) is 10.2 Å². The molecule has 0 saturated carbocycles. The molecule has 2 N–H and O–H groups in total. The molecule has 104 valence electrons. The van der Waals surface area contributed by atoms with Crippen LogP contribution >= 0.6 is 0 Å². The van der Waals surface area contributed by atoms with Crippen LogP contribution in [0.1, 0.15) is 36.9 Å². The lowest BCUT2D eigenvalue weighted by molar-refractivity contribution is 0.317. The molecular weight excluding hydrogens is 262 g/mol. The van der Waals surface area contributed by atoms with Gasteiger partial charge in [-0.15, -0.1) is 0 Å². The number of piperidine rings is 1. The Morgan fingerprint density at radius 2 is 2.05 bits per heavy atom. The summed E-state index contributed by atoms with van der Waals surface area (Å²) in [5.41, 5.74) is 2.11. The summed E-state index contributed by atoms with van der Waals surface area (Å²) in [6.07, 6.45) is 7.36. The third-order valence-electron chi connectivity index (χ3n) is 3.40. The molecule has 0 atom stereocenters. The van der Waals surface area contributed by atoms with E-state index in [0.717, 1.165) is 24.1 Å². The summed E-state index contributed by atoms with van der Waals surface area (Å²) < 4.78 is 23.8. The molecule has 0 bridgehead atoms. The van der Waals surface area contributed by atoms with Gasteiger partial charge in [0.2, 0.25) is 0 Å². The second kappa shape index (κ2) is 5.81. The molecule has 1 aromatic heterocycles. The number of nitrogens with zero attached hydrogens (tertiary/aromatic N) is 2. The quantitative estimate of drug-likeness (QED) is 0.912. The average molecular weight is 281 g/mol. The fourth-order valence-electron chi connectivity index (χ4n) is 2.36. The average Bonchev–Trinajstić information content (AvgIpc) is 2.39. The molecular formula is C13H19N3O2S. The van der Waals surface area contributed by atoms with Crippen LogP contribution < -0.4 is 5.14 Å².